The van der Waals surface area contributed by atoms with Gasteiger partial charge in [-0.2, -0.15) is 0 Å². The molecule has 2 aromatic rings. The molecule has 0 spiro atoms. The Labute approximate surface area is 123 Å². The SMILES string of the molecule is O=C(CC1CCS(=O)(=O)C1)Oc1cccc2ccccc12. The minimum Gasteiger partial charge on any atom is -0.426 e. The average Bonchev–Trinajstić information content (AvgIpc) is 2.78. The fourth-order valence-electron chi connectivity index (χ4n) is 2.72. The fourth-order valence-corrected chi connectivity index (χ4v) is 4.58. The standard InChI is InChI=1S/C16H16O4S/c17-16(10-12-8-9-21(18,19)11-12)20-15-7-3-5-13-4-1-2-6-14(13)15/h1-7,12H,8-11H2. The van der Waals surface area contributed by atoms with Gasteiger partial charge in [-0.05, 0) is 23.8 Å². The summed E-state index contributed by atoms with van der Waals surface area (Å²) in [6.07, 6.45) is 0.704. The predicted molar refractivity (Wildman–Crippen MR) is 81.0 cm³/mol. The number of rotatable bonds is 3. The smallest absolute Gasteiger partial charge is 0.311 e. The van der Waals surface area contributed by atoms with E-state index >= 15 is 0 Å². The van der Waals surface area contributed by atoms with Crippen molar-refractivity contribution in [1.29, 1.82) is 0 Å². The monoisotopic (exact) mass is 304 g/mol. The van der Waals surface area contributed by atoms with Crippen molar-refractivity contribution in [3.05, 3.63) is 42.5 Å². The zero-order chi connectivity index (χ0) is 14.9. The summed E-state index contributed by atoms with van der Waals surface area (Å²) >= 11 is 0. The quantitative estimate of drug-likeness (QED) is 0.646. The molecule has 2 aromatic carbocycles. The molecule has 1 aliphatic rings. The first-order valence-corrected chi connectivity index (χ1v) is 8.74. The van der Waals surface area contributed by atoms with Gasteiger partial charge in [-0.3, -0.25) is 4.79 Å². The minimum atomic E-state index is -2.96. The van der Waals surface area contributed by atoms with Gasteiger partial charge < -0.3 is 4.74 Å². The lowest BCUT2D eigenvalue weighted by Gasteiger charge is -2.10. The molecule has 0 aromatic heterocycles. The highest BCUT2D eigenvalue weighted by molar-refractivity contribution is 7.91. The van der Waals surface area contributed by atoms with E-state index in [0.717, 1.165) is 10.8 Å². The second-order valence-electron chi connectivity index (χ2n) is 5.42. The van der Waals surface area contributed by atoms with E-state index in [-0.39, 0.29) is 29.8 Å². The van der Waals surface area contributed by atoms with Gasteiger partial charge in [0.05, 0.1) is 11.5 Å². The van der Waals surface area contributed by atoms with E-state index in [1.165, 1.54) is 0 Å². The first kappa shape index (κ1) is 14.1. The summed E-state index contributed by atoms with van der Waals surface area (Å²) in [4.78, 5) is 12.0. The number of ether oxygens (including phenoxy) is 1. The Morgan fingerprint density at radius 1 is 1.14 bits per heavy atom. The molecule has 1 unspecified atom stereocenters. The number of carbonyl (C=O) groups is 1. The molecule has 1 saturated heterocycles. The van der Waals surface area contributed by atoms with Gasteiger partial charge >= 0.3 is 5.97 Å². The summed E-state index contributed by atoms with van der Waals surface area (Å²) in [6, 6.07) is 13.2. The van der Waals surface area contributed by atoms with Crippen molar-refractivity contribution < 1.29 is 17.9 Å². The average molecular weight is 304 g/mol. The molecular formula is C16H16O4S. The van der Waals surface area contributed by atoms with Gasteiger partial charge in [0.25, 0.3) is 0 Å². The largest absolute Gasteiger partial charge is 0.426 e. The molecule has 0 amide bonds. The highest BCUT2D eigenvalue weighted by atomic mass is 32.2. The van der Waals surface area contributed by atoms with Crippen molar-refractivity contribution in [3.8, 4) is 5.75 Å². The lowest BCUT2D eigenvalue weighted by Crippen LogP contribution is -2.15. The van der Waals surface area contributed by atoms with Gasteiger partial charge in [0.15, 0.2) is 9.84 Å². The third kappa shape index (κ3) is 3.24. The van der Waals surface area contributed by atoms with Crippen LogP contribution in [0.3, 0.4) is 0 Å². The Morgan fingerprint density at radius 2 is 1.90 bits per heavy atom. The van der Waals surface area contributed by atoms with Gasteiger partial charge in [0.2, 0.25) is 0 Å². The molecule has 5 heteroatoms. The minimum absolute atomic E-state index is 0.0949. The molecule has 0 bridgehead atoms. The van der Waals surface area contributed by atoms with Crippen LogP contribution in [0, 0.1) is 5.92 Å². The van der Waals surface area contributed by atoms with Crippen LogP contribution in [0.2, 0.25) is 0 Å². The van der Waals surface area contributed by atoms with Gasteiger partial charge in [-0.25, -0.2) is 8.42 Å². The van der Waals surface area contributed by atoms with Crippen LogP contribution in [-0.4, -0.2) is 25.9 Å². The molecule has 21 heavy (non-hydrogen) atoms. The van der Waals surface area contributed by atoms with Crippen LogP contribution in [0.4, 0.5) is 0 Å². The summed E-state index contributed by atoms with van der Waals surface area (Å²) < 4.78 is 28.2. The van der Waals surface area contributed by atoms with Crippen LogP contribution in [0.25, 0.3) is 10.8 Å². The summed E-state index contributed by atoms with van der Waals surface area (Å²) in [5, 5.41) is 1.89. The van der Waals surface area contributed by atoms with Crippen molar-refractivity contribution in [3.63, 3.8) is 0 Å². The molecule has 110 valence electrons. The second-order valence-corrected chi connectivity index (χ2v) is 7.65. The van der Waals surface area contributed by atoms with Crippen molar-refractivity contribution in [2.75, 3.05) is 11.5 Å². The molecule has 1 atom stereocenters. The van der Waals surface area contributed by atoms with Crippen LogP contribution in [0.5, 0.6) is 5.75 Å². The first-order chi connectivity index (χ1) is 10.0. The van der Waals surface area contributed by atoms with Gasteiger partial charge in [0, 0.05) is 11.8 Å². The van der Waals surface area contributed by atoms with Crippen LogP contribution < -0.4 is 4.74 Å². The van der Waals surface area contributed by atoms with E-state index in [2.05, 4.69) is 0 Å². The van der Waals surface area contributed by atoms with E-state index in [0.29, 0.717) is 12.2 Å². The molecule has 1 fully saturated rings. The van der Waals surface area contributed by atoms with Crippen molar-refractivity contribution in [2.24, 2.45) is 5.92 Å². The third-order valence-corrected chi connectivity index (χ3v) is 5.59. The molecule has 0 saturated carbocycles. The lowest BCUT2D eigenvalue weighted by molar-refractivity contribution is -0.135. The number of benzene rings is 2. The van der Waals surface area contributed by atoms with Gasteiger partial charge in [-0.1, -0.05) is 36.4 Å². The molecule has 4 nitrogen and oxygen atoms in total. The topological polar surface area (TPSA) is 60.4 Å². The number of hydrogen-bond acceptors (Lipinski definition) is 4. The Hall–Kier alpha value is -1.88. The molecule has 0 radical (unpaired) electrons. The normalized spacial score (nSPS) is 20.5. The van der Waals surface area contributed by atoms with Crippen LogP contribution in [-0.2, 0) is 14.6 Å². The Bertz CT molecular complexity index is 774. The highest BCUT2D eigenvalue weighted by Crippen LogP contribution is 2.27. The van der Waals surface area contributed by atoms with Crippen molar-refractivity contribution in [1.82, 2.24) is 0 Å². The first-order valence-electron chi connectivity index (χ1n) is 6.92. The molecule has 0 N–H and O–H groups in total. The van der Waals surface area contributed by atoms with Crippen molar-refractivity contribution >= 4 is 26.6 Å². The maximum atomic E-state index is 12.0. The second kappa shape index (κ2) is 5.48. The van der Waals surface area contributed by atoms with Crippen LogP contribution in [0.1, 0.15) is 12.8 Å². The Balaban J connectivity index is 1.72. The predicted octanol–water partition coefficient (Wildman–Crippen LogP) is 2.57. The zero-order valence-corrected chi connectivity index (χ0v) is 12.3. The number of carbonyl (C=O) groups excluding carboxylic acids is 1. The van der Waals surface area contributed by atoms with E-state index in [1.54, 1.807) is 6.07 Å². The zero-order valence-electron chi connectivity index (χ0n) is 11.5. The van der Waals surface area contributed by atoms with E-state index in [1.807, 2.05) is 36.4 Å². The molecular weight excluding hydrogens is 288 g/mol. The fraction of sp³-hybridized carbons (Fsp3) is 0.312. The third-order valence-electron chi connectivity index (χ3n) is 3.76. The Morgan fingerprint density at radius 3 is 2.67 bits per heavy atom. The maximum absolute atomic E-state index is 12.0. The lowest BCUT2D eigenvalue weighted by atomic mass is 10.1. The summed E-state index contributed by atoms with van der Waals surface area (Å²) in [5.41, 5.74) is 0. The van der Waals surface area contributed by atoms with Crippen LogP contribution in [0.15, 0.2) is 42.5 Å². The Kier molecular flexibility index (Phi) is 3.68. The number of esters is 1. The van der Waals surface area contributed by atoms with E-state index < -0.39 is 9.84 Å². The number of hydrogen-bond donors (Lipinski definition) is 0. The van der Waals surface area contributed by atoms with Gasteiger partial charge in [0.1, 0.15) is 5.75 Å². The molecule has 0 aliphatic carbocycles. The number of sulfone groups is 1. The highest BCUT2D eigenvalue weighted by Gasteiger charge is 2.30. The summed E-state index contributed by atoms with van der Waals surface area (Å²) in [6.45, 7) is 0. The number of fused-ring (bicyclic) bond motifs is 1. The molecule has 1 aliphatic heterocycles. The van der Waals surface area contributed by atoms with Gasteiger partial charge in [-0.15, -0.1) is 0 Å². The summed E-state index contributed by atoms with van der Waals surface area (Å²) in [5.74, 6) is 0.321. The van der Waals surface area contributed by atoms with Crippen molar-refractivity contribution in [2.45, 2.75) is 12.8 Å². The molecule has 1 heterocycles. The molecule has 3 rings (SSSR count). The van der Waals surface area contributed by atoms with Crippen LogP contribution >= 0.6 is 0 Å². The maximum Gasteiger partial charge on any atom is 0.311 e. The van der Waals surface area contributed by atoms with E-state index in [9.17, 15) is 13.2 Å². The summed E-state index contributed by atoms with van der Waals surface area (Å²) in [7, 11) is -2.96. The van der Waals surface area contributed by atoms with E-state index in [4.69, 9.17) is 4.74 Å².